The van der Waals surface area contributed by atoms with Crippen LogP contribution in [0.5, 0.6) is 0 Å². The van der Waals surface area contributed by atoms with Crippen LogP contribution in [0.4, 0.5) is 11.5 Å². The summed E-state index contributed by atoms with van der Waals surface area (Å²) >= 11 is 0. The number of hydrogen-bond donors (Lipinski definition) is 4. The molecule has 0 fully saturated rings. The second-order valence-electron chi connectivity index (χ2n) is 6.80. The van der Waals surface area contributed by atoms with Crippen LogP contribution < -0.4 is 16.4 Å². The van der Waals surface area contributed by atoms with Crippen LogP contribution in [0, 0.1) is 5.41 Å². The highest BCUT2D eigenvalue weighted by Crippen LogP contribution is 2.19. The van der Waals surface area contributed by atoms with E-state index in [-0.39, 0.29) is 11.7 Å². The van der Waals surface area contributed by atoms with Crippen LogP contribution in [0.25, 0.3) is 11.0 Å². The summed E-state index contributed by atoms with van der Waals surface area (Å²) in [6.45, 7) is 0.514. The number of amides is 1. The SMILES string of the molecule is Cn1c(CNc2ccc(C(=N)N)cc2)nc2cc(C(=O)Nc3ccccn3)ccc21. The number of amidine groups is 1. The minimum Gasteiger partial charge on any atom is -0.384 e. The summed E-state index contributed by atoms with van der Waals surface area (Å²) in [4.78, 5) is 21.3. The predicted octanol–water partition coefficient (Wildman–Crippen LogP) is 3.12. The average Bonchev–Trinajstić information content (AvgIpc) is 3.08. The number of rotatable bonds is 6. The van der Waals surface area contributed by atoms with Gasteiger partial charge in [0.25, 0.3) is 5.91 Å². The van der Waals surface area contributed by atoms with Crippen molar-refractivity contribution in [3.8, 4) is 0 Å². The van der Waals surface area contributed by atoms with Gasteiger partial charge in [-0.25, -0.2) is 9.97 Å². The number of anilines is 2. The molecule has 150 valence electrons. The molecule has 0 saturated heterocycles. The number of nitrogens with zero attached hydrogens (tertiary/aromatic N) is 3. The molecule has 2 aromatic carbocycles. The molecule has 0 bridgehead atoms. The molecule has 8 heteroatoms. The number of aryl methyl sites for hydroxylation is 1. The fourth-order valence-corrected chi connectivity index (χ4v) is 3.12. The first kappa shape index (κ1) is 19.1. The van der Waals surface area contributed by atoms with Crippen molar-refractivity contribution in [2.75, 3.05) is 10.6 Å². The number of carbonyl (C=O) groups is 1. The Hall–Kier alpha value is -4.20. The first-order valence-corrected chi connectivity index (χ1v) is 9.37. The molecule has 8 nitrogen and oxygen atoms in total. The summed E-state index contributed by atoms with van der Waals surface area (Å²) in [5.74, 6) is 1.15. The largest absolute Gasteiger partial charge is 0.384 e. The quantitative estimate of drug-likeness (QED) is 0.293. The Morgan fingerprint density at radius 1 is 1.10 bits per heavy atom. The zero-order valence-electron chi connectivity index (χ0n) is 16.4. The predicted molar refractivity (Wildman–Crippen MR) is 118 cm³/mol. The first-order valence-electron chi connectivity index (χ1n) is 9.37. The molecule has 2 heterocycles. The maximum absolute atomic E-state index is 12.5. The number of pyridine rings is 1. The van der Waals surface area contributed by atoms with Gasteiger partial charge in [0.05, 0.1) is 17.6 Å². The zero-order chi connectivity index (χ0) is 21.1. The van der Waals surface area contributed by atoms with E-state index in [0.717, 1.165) is 22.5 Å². The Labute approximate surface area is 173 Å². The van der Waals surface area contributed by atoms with Crippen LogP contribution in [0.1, 0.15) is 21.7 Å². The van der Waals surface area contributed by atoms with E-state index in [1.165, 1.54) is 0 Å². The minimum atomic E-state index is -0.230. The number of nitrogens with two attached hydrogens (primary N) is 1. The maximum Gasteiger partial charge on any atom is 0.256 e. The summed E-state index contributed by atoms with van der Waals surface area (Å²) in [6.07, 6.45) is 1.63. The van der Waals surface area contributed by atoms with Crippen LogP contribution in [-0.4, -0.2) is 26.3 Å². The van der Waals surface area contributed by atoms with E-state index in [9.17, 15) is 4.79 Å². The molecule has 1 amide bonds. The Bertz CT molecular complexity index is 1210. The van der Waals surface area contributed by atoms with Crippen LogP contribution in [-0.2, 0) is 13.6 Å². The molecular weight excluding hydrogens is 378 g/mol. The number of hydrogen-bond acceptors (Lipinski definition) is 5. The lowest BCUT2D eigenvalue weighted by Crippen LogP contribution is -2.12. The van der Waals surface area contributed by atoms with Crippen LogP contribution in [0.2, 0.25) is 0 Å². The van der Waals surface area contributed by atoms with Crippen LogP contribution >= 0.6 is 0 Å². The van der Waals surface area contributed by atoms with Gasteiger partial charge in [-0.15, -0.1) is 0 Å². The van der Waals surface area contributed by atoms with Gasteiger partial charge in [-0.1, -0.05) is 6.07 Å². The standard InChI is InChI=1S/C22H21N7O/c1-29-18-10-7-15(22(30)28-19-4-2-3-11-25-19)12-17(18)27-20(29)13-26-16-8-5-14(6-9-16)21(23)24/h2-12,26H,13H2,1H3,(H3,23,24)(H,25,28,30). The lowest BCUT2D eigenvalue weighted by Gasteiger charge is -2.07. The highest BCUT2D eigenvalue weighted by atomic mass is 16.1. The lowest BCUT2D eigenvalue weighted by atomic mass is 10.2. The number of nitrogens with one attached hydrogen (secondary N) is 3. The van der Waals surface area contributed by atoms with Gasteiger partial charge in [-0.05, 0) is 54.6 Å². The summed E-state index contributed by atoms with van der Waals surface area (Å²) < 4.78 is 1.99. The molecule has 0 aliphatic rings. The third-order valence-corrected chi connectivity index (χ3v) is 4.79. The Morgan fingerprint density at radius 2 is 1.87 bits per heavy atom. The molecule has 0 aliphatic heterocycles. The monoisotopic (exact) mass is 399 g/mol. The summed E-state index contributed by atoms with van der Waals surface area (Å²) in [5, 5.41) is 13.6. The van der Waals surface area contributed by atoms with E-state index in [4.69, 9.17) is 11.1 Å². The summed E-state index contributed by atoms with van der Waals surface area (Å²) in [7, 11) is 1.94. The van der Waals surface area contributed by atoms with Gasteiger partial charge in [0, 0.05) is 30.1 Å². The van der Waals surface area contributed by atoms with Crippen LogP contribution in [0.3, 0.4) is 0 Å². The normalized spacial score (nSPS) is 10.7. The molecule has 5 N–H and O–H groups in total. The van der Waals surface area contributed by atoms with E-state index in [1.54, 1.807) is 42.6 Å². The zero-order valence-corrected chi connectivity index (χ0v) is 16.4. The molecule has 2 aromatic heterocycles. The number of nitrogen functional groups attached to an aromatic ring is 1. The van der Waals surface area contributed by atoms with E-state index < -0.39 is 0 Å². The van der Waals surface area contributed by atoms with Gasteiger partial charge in [0.15, 0.2) is 0 Å². The van der Waals surface area contributed by atoms with E-state index >= 15 is 0 Å². The van der Waals surface area contributed by atoms with Gasteiger partial charge in [0.2, 0.25) is 0 Å². The van der Waals surface area contributed by atoms with E-state index in [2.05, 4.69) is 20.6 Å². The fourth-order valence-electron chi connectivity index (χ4n) is 3.12. The number of benzene rings is 2. The topological polar surface area (TPSA) is 122 Å². The van der Waals surface area contributed by atoms with Gasteiger partial charge < -0.3 is 20.9 Å². The smallest absolute Gasteiger partial charge is 0.256 e. The van der Waals surface area contributed by atoms with Crippen LogP contribution in [0.15, 0.2) is 66.9 Å². The van der Waals surface area contributed by atoms with Gasteiger partial charge in [-0.2, -0.15) is 0 Å². The number of imidazole rings is 1. The minimum absolute atomic E-state index is 0.0415. The first-order chi connectivity index (χ1) is 14.5. The molecular formula is C22H21N7O. The number of aromatic nitrogens is 3. The highest BCUT2D eigenvalue weighted by molar-refractivity contribution is 6.05. The van der Waals surface area contributed by atoms with E-state index in [1.807, 2.05) is 35.9 Å². The summed E-state index contributed by atoms with van der Waals surface area (Å²) in [6, 6.07) is 18.1. The number of carbonyl (C=O) groups excluding carboxylic acids is 1. The third-order valence-electron chi connectivity index (χ3n) is 4.79. The fraction of sp³-hybridized carbons (Fsp3) is 0.0909. The molecule has 4 aromatic rings. The van der Waals surface area contributed by atoms with Gasteiger partial charge in [-0.3, -0.25) is 10.2 Å². The molecule has 4 rings (SSSR count). The molecule has 30 heavy (non-hydrogen) atoms. The van der Waals surface area contributed by atoms with Crippen molar-refractivity contribution in [3.63, 3.8) is 0 Å². The highest BCUT2D eigenvalue weighted by Gasteiger charge is 2.12. The molecule has 0 saturated carbocycles. The molecule has 0 radical (unpaired) electrons. The Balaban J connectivity index is 1.50. The molecule has 0 atom stereocenters. The van der Waals surface area contributed by atoms with Gasteiger partial charge >= 0.3 is 0 Å². The lowest BCUT2D eigenvalue weighted by molar-refractivity contribution is 0.102. The molecule has 0 unspecified atom stereocenters. The van der Waals surface area contributed by atoms with Crippen molar-refractivity contribution >= 4 is 34.3 Å². The second kappa shape index (κ2) is 8.04. The molecule has 0 spiro atoms. The summed E-state index contributed by atoms with van der Waals surface area (Å²) in [5.41, 5.74) is 9.27. The number of fused-ring (bicyclic) bond motifs is 1. The molecule has 0 aliphatic carbocycles. The van der Waals surface area contributed by atoms with Crippen molar-refractivity contribution in [1.29, 1.82) is 5.41 Å². The second-order valence-corrected chi connectivity index (χ2v) is 6.80. The van der Waals surface area contributed by atoms with Crippen molar-refractivity contribution < 1.29 is 4.79 Å². The van der Waals surface area contributed by atoms with Crippen molar-refractivity contribution in [2.24, 2.45) is 12.8 Å². The Kier molecular flexibility index (Phi) is 5.13. The van der Waals surface area contributed by atoms with E-state index in [0.29, 0.717) is 23.5 Å². The van der Waals surface area contributed by atoms with Crippen molar-refractivity contribution in [2.45, 2.75) is 6.54 Å². The third kappa shape index (κ3) is 3.97. The average molecular weight is 399 g/mol. The maximum atomic E-state index is 12.5. The van der Waals surface area contributed by atoms with Gasteiger partial charge in [0.1, 0.15) is 17.5 Å². The Morgan fingerprint density at radius 3 is 2.57 bits per heavy atom. The van der Waals surface area contributed by atoms with Crippen molar-refractivity contribution in [3.05, 3.63) is 83.8 Å². The van der Waals surface area contributed by atoms with Crippen molar-refractivity contribution in [1.82, 2.24) is 14.5 Å².